The first-order chi connectivity index (χ1) is 14.5. The average Bonchev–Trinajstić information content (AvgIpc) is 3.08. The molecule has 7 heteroatoms. The van der Waals surface area contributed by atoms with Crippen LogP contribution in [-0.2, 0) is 11.3 Å². The minimum atomic E-state index is -0.376. The first-order valence-electron chi connectivity index (χ1n) is 9.48. The van der Waals surface area contributed by atoms with Crippen molar-refractivity contribution in [3.05, 3.63) is 86.2 Å². The van der Waals surface area contributed by atoms with Gasteiger partial charge in [-0.1, -0.05) is 35.9 Å². The number of ether oxygens (including phenoxy) is 1. The Morgan fingerprint density at radius 1 is 1.20 bits per heavy atom. The van der Waals surface area contributed by atoms with Crippen molar-refractivity contribution < 1.29 is 9.53 Å². The summed E-state index contributed by atoms with van der Waals surface area (Å²) in [5, 5.41) is 1.25. The van der Waals surface area contributed by atoms with Crippen molar-refractivity contribution in [2.75, 3.05) is 6.61 Å². The van der Waals surface area contributed by atoms with E-state index in [1.165, 1.54) is 11.3 Å². The van der Waals surface area contributed by atoms with Crippen LogP contribution in [0.1, 0.15) is 27.7 Å². The molecular formula is C23H19ClN2O3S. The summed E-state index contributed by atoms with van der Waals surface area (Å²) in [7, 11) is 0. The van der Waals surface area contributed by atoms with Crippen LogP contribution in [0, 0.1) is 6.92 Å². The van der Waals surface area contributed by atoms with Gasteiger partial charge in [0.25, 0.3) is 5.56 Å². The van der Waals surface area contributed by atoms with Crippen molar-refractivity contribution in [1.82, 2.24) is 9.55 Å². The van der Waals surface area contributed by atoms with Gasteiger partial charge in [-0.2, -0.15) is 0 Å². The third kappa shape index (κ3) is 3.88. The highest BCUT2D eigenvalue weighted by Crippen LogP contribution is 2.35. The molecule has 0 fully saturated rings. The SMILES string of the molecule is CCOC(=O)c1cccc(Cn2cnc3sc(C)c(-c4ccc(Cl)cc4)c3c2=O)c1. The lowest BCUT2D eigenvalue weighted by Gasteiger charge is -2.08. The van der Waals surface area contributed by atoms with Crippen LogP contribution < -0.4 is 5.56 Å². The molecule has 2 heterocycles. The summed E-state index contributed by atoms with van der Waals surface area (Å²) >= 11 is 7.52. The molecule has 0 bridgehead atoms. The Hall–Kier alpha value is -2.96. The molecule has 5 nitrogen and oxygen atoms in total. The molecule has 0 saturated carbocycles. The Kier molecular flexibility index (Phi) is 5.70. The molecule has 0 saturated heterocycles. The van der Waals surface area contributed by atoms with Gasteiger partial charge in [0.1, 0.15) is 4.83 Å². The Morgan fingerprint density at radius 2 is 1.97 bits per heavy atom. The fourth-order valence-electron chi connectivity index (χ4n) is 3.42. The first kappa shape index (κ1) is 20.3. The number of fused-ring (bicyclic) bond motifs is 1. The van der Waals surface area contributed by atoms with Crippen LogP contribution in [0.25, 0.3) is 21.3 Å². The summed E-state index contributed by atoms with van der Waals surface area (Å²) in [6.07, 6.45) is 1.56. The highest BCUT2D eigenvalue weighted by Gasteiger charge is 2.17. The number of benzene rings is 2. The number of aromatic nitrogens is 2. The van der Waals surface area contributed by atoms with Gasteiger partial charge >= 0.3 is 5.97 Å². The summed E-state index contributed by atoms with van der Waals surface area (Å²) in [5.41, 5.74) is 2.99. The lowest BCUT2D eigenvalue weighted by atomic mass is 10.0. The van der Waals surface area contributed by atoms with E-state index in [0.29, 0.717) is 34.0 Å². The summed E-state index contributed by atoms with van der Waals surface area (Å²) in [4.78, 5) is 31.6. The maximum Gasteiger partial charge on any atom is 0.338 e. The number of hydrogen-bond donors (Lipinski definition) is 0. The van der Waals surface area contributed by atoms with Crippen molar-refractivity contribution in [2.45, 2.75) is 20.4 Å². The highest BCUT2D eigenvalue weighted by atomic mass is 35.5. The molecule has 0 amide bonds. The van der Waals surface area contributed by atoms with E-state index in [1.807, 2.05) is 37.3 Å². The van der Waals surface area contributed by atoms with Crippen molar-refractivity contribution >= 4 is 39.1 Å². The zero-order chi connectivity index (χ0) is 21.3. The average molecular weight is 439 g/mol. The topological polar surface area (TPSA) is 61.2 Å². The molecule has 4 aromatic rings. The zero-order valence-corrected chi connectivity index (χ0v) is 18.1. The van der Waals surface area contributed by atoms with Gasteiger partial charge in [-0.05, 0) is 49.2 Å². The molecule has 0 spiro atoms. The molecule has 0 radical (unpaired) electrons. The molecule has 0 aliphatic rings. The van der Waals surface area contributed by atoms with Crippen LogP contribution in [-0.4, -0.2) is 22.1 Å². The van der Waals surface area contributed by atoms with Crippen molar-refractivity contribution in [3.63, 3.8) is 0 Å². The lowest BCUT2D eigenvalue weighted by molar-refractivity contribution is 0.0526. The molecule has 2 aromatic heterocycles. The quantitative estimate of drug-likeness (QED) is 0.396. The summed E-state index contributed by atoms with van der Waals surface area (Å²) in [5.74, 6) is -0.376. The number of aryl methyl sites for hydroxylation is 1. The number of carbonyl (C=O) groups is 1. The second-order valence-corrected chi connectivity index (χ2v) is 8.46. The number of esters is 1. The summed E-state index contributed by atoms with van der Waals surface area (Å²) in [6.45, 7) is 4.38. The van der Waals surface area contributed by atoms with E-state index in [1.54, 1.807) is 36.0 Å². The molecule has 4 rings (SSSR count). The number of thiophene rings is 1. The maximum absolute atomic E-state index is 13.3. The normalized spacial score (nSPS) is 11.0. The molecule has 2 aromatic carbocycles. The molecule has 0 N–H and O–H groups in total. The van der Waals surface area contributed by atoms with E-state index in [-0.39, 0.29) is 11.5 Å². The number of rotatable bonds is 5. The minimum absolute atomic E-state index is 0.115. The standard InChI is InChI=1S/C23H19ClN2O3S/c1-3-29-23(28)17-6-4-5-15(11-17)12-26-13-25-21-20(22(26)27)19(14(2)30-21)16-7-9-18(24)10-8-16/h4-11,13H,3,12H2,1-2H3. The van der Waals surface area contributed by atoms with E-state index in [9.17, 15) is 9.59 Å². The van der Waals surface area contributed by atoms with Gasteiger partial charge in [0.15, 0.2) is 0 Å². The summed E-state index contributed by atoms with van der Waals surface area (Å²) in [6, 6.07) is 14.6. The van der Waals surface area contributed by atoms with E-state index < -0.39 is 0 Å². The maximum atomic E-state index is 13.3. The van der Waals surface area contributed by atoms with Gasteiger partial charge in [-0.15, -0.1) is 11.3 Å². The fraction of sp³-hybridized carbons (Fsp3) is 0.174. The predicted octanol–water partition coefficient (Wildman–Crippen LogP) is 5.31. The van der Waals surface area contributed by atoms with Crippen molar-refractivity contribution in [3.8, 4) is 11.1 Å². The first-order valence-corrected chi connectivity index (χ1v) is 10.7. The van der Waals surface area contributed by atoms with Crippen LogP contribution in [0.2, 0.25) is 5.02 Å². The van der Waals surface area contributed by atoms with Gasteiger partial charge in [-0.3, -0.25) is 9.36 Å². The Balaban J connectivity index is 1.77. The van der Waals surface area contributed by atoms with Crippen LogP contribution in [0.5, 0.6) is 0 Å². The van der Waals surface area contributed by atoms with E-state index in [2.05, 4.69) is 4.98 Å². The van der Waals surface area contributed by atoms with Gasteiger partial charge in [-0.25, -0.2) is 9.78 Å². The van der Waals surface area contributed by atoms with E-state index in [4.69, 9.17) is 16.3 Å². The van der Waals surface area contributed by atoms with Crippen molar-refractivity contribution in [2.24, 2.45) is 0 Å². The van der Waals surface area contributed by atoms with Gasteiger partial charge in [0.05, 0.1) is 30.4 Å². The molecule has 0 unspecified atom stereocenters. The lowest BCUT2D eigenvalue weighted by Crippen LogP contribution is -2.21. The van der Waals surface area contributed by atoms with Crippen LogP contribution >= 0.6 is 22.9 Å². The monoisotopic (exact) mass is 438 g/mol. The molecule has 30 heavy (non-hydrogen) atoms. The molecule has 152 valence electrons. The predicted molar refractivity (Wildman–Crippen MR) is 121 cm³/mol. The van der Waals surface area contributed by atoms with Crippen LogP contribution in [0.3, 0.4) is 0 Å². The molecule has 0 aliphatic carbocycles. The van der Waals surface area contributed by atoms with Crippen molar-refractivity contribution in [1.29, 1.82) is 0 Å². The number of hydrogen-bond acceptors (Lipinski definition) is 5. The minimum Gasteiger partial charge on any atom is -0.462 e. The fourth-order valence-corrected chi connectivity index (χ4v) is 4.55. The summed E-state index contributed by atoms with van der Waals surface area (Å²) < 4.78 is 6.63. The Bertz CT molecular complexity index is 1290. The second-order valence-electron chi connectivity index (χ2n) is 6.82. The Morgan fingerprint density at radius 3 is 2.70 bits per heavy atom. The third-order valence-corrected chi connectivity index (χ3v) is 6.04. The molecular weight excluding hydrogens is 420 g/mol. The van der Waals surface area contributed by atoms with Crippen LogP contribution in [0.4, 0.5) is 0 Å². The largest absolute Gasteiger partial charge is 0.462 e. The third-order valence-electron chi connectivity index (χ3n) is 4.78. The molecule has 0 atom stereocenters. The number of carbonyl (C=O) groups excluding carboxylic acids is 1. The Labute approximate surface area is 182 Å². The van der Waals surface area contributed by atoms with E-state index >= 15 is 0 Å². The number of halogens is 1. The van der Waals surface area contributed by atoms with Gasteiger partial charge < -0.3 is 4.74 Å². The number of nitrogens with zero attached hydrogens (tertiary/aromatic N) is 2. The highest BCUT2D eigenvalue weighted by molar-refractivity contribution is 7.19. The van der Waals surface area contributed by atoms with E-state index in [0.717, 1.165) is 21.6 Å². The van der Waals surface area contributed by atoms with Gasteiger partial charge in [0, 0.05) is 15.5 Å². The zero-order valence-electron chi connectivity index (χ0n) is 16.5. The van der Waals surface area contributed by atoms with Gasteiger partial charge in [0.2, 0.25) is 0 Å². The van der Waals surface area contributed by atoms with Crippen LogP contribution in [0.15, 0.2) is 59.7 Å². The smallest absolute Gasteiger partial charge is 0.338 e. The second kappa shape index (κ2) is 8.42. The molecule has 0 aliphatic heterocycles.